The van der Waals surface area contributed by atoms with Crippen molar-refractivity contribution < 1.29 is 9.53 Å². The van der Waals surface area contributed by atoms with Crippen LogP contribution in [-0.4, -0.2) is 60.8 Å². The maximum atomic E-state index is 12.0. The quantitative estimate of drug-likeness (QED) is 0.795. The normalized spacial score (nSPS) is 25.6. The van der Waals surface area contributed by atoms with Crippen molar-refractivity contribution in [1.82, 2.24) is 10.6 Å². The molecule has 0 spiro atoms. The first-order valence-electron chi connectivity index (χ1n) is 6.95. The van der Waals surface area contributed by atoms with E-state index in [9.17, 15) is 4.79 Å². The predicted molar refractivity (Wildman–Crippen MR) is 90.3 cm³/mol. The van der Waals surface area contributed by atoms with E-state index in [1.54, 1.807) is 0 Å². The van der Waals surface area contributed by atoms with Gasteiger partial charge in [0.05, 0.1) is 0 Å². The fourth-order valence-electron chi connectivity index (χ4n) is 2.50. The standard InChI is InChI=1S/C13H24N2O2S2.ClH/c1-18-13(2-5-17-6-3-13)10-15-12(16)8-11-9-19-7-4-14-11;/h11,14H,2-10H2,1H3,(H,15,16);1H. The van der Waals surface area contributed by atoms with Crippen molar-refractivity contribution in [3.63, 3.8) is 0 Å². The molecule has 0 saturated carbocycles. The number of carbonyl (C=O) groups excluding carboxylic acids is 1. The van der Waals surface area contributed by atoms with Crippen LogP contribution >= 0.6 is 35.9 Å². The Bertz CT molecular complexity index is 296. The molecule has 118 valence electrons. The average molecular weight is 341 g/mol. The fourth-order valence-corrected chi connectivity index (χ4v) is 4.24. The Morgan fingerprint density at radius 2 is 2.25 bits per heavy atom. The zero-order valence-corrected chi connectivity index (χ0v) is 14.4. The van der Waals surface area contributed by atoms with Crippen LogP contribution in [0, 0.1) is 0 Å². The van der Waals surface area contributed by atoms with Gasteiger partial charge in [0.1, 0.15) is 0 Å². The molecule has 1 amide bonds. The highest BCUT2D eigenvalue weighted by Crippen LogP contribution is 2.32. The fraction of sp³-hybridized carbons (Fsp3) is 0.923. The topological polar surface area (TPSA) is 50.4 Å². The monoisotopic (exact) mass is 340 g/mol. The summed E-state index contributed by atoms with van der Waals surface area (Å²) in [6.45, 7) is 3.43. The highest BCUT2D eigenvalue weighted by atomic mass is 35.5. The molecule has 0 aliphatic carbocycles. The molecule has 20 heavy (non-hydrogen) atoms. The molecule has 1 atom stereocenters. The van der Waals surface area contributed by atoms with Crippen molar-refractivity contribution >= 4 is 41.8 Å². The van der Waals surface area contributed by atoms with Crippen LogP contribution in [0.5, 0.6) is 0 Å². The summed E-state index contributed by atoms with van der Waals surface area (Å²) in [7, 11) is 0. The number of hydrogen-bond acceptors (Lipinski definition) is 5. The van der Waals surface area contributed by atoms with Gasteiger partial charge in [-0.1, -0.05) is 0 Å². The lowest BCUT2D eigenvalue weighted by atomic mass is 9.99. The maximum Gasteiger partial charge on any atom is 0.221 e. The van der Waals surface area contributed by atoms with E-state index in [0.29, 0.717) is 12.5 Å². The lowest BCUT2D eigenvalue weighted by molar-refractivity contribution is -0.121. The minimum atomic E-state index is 0. The van der Waals surface area contributed by atoms with E-state index < -0.39 is 0 Å². The van der Waals surface area contributed by atoms with Crippen LogP contribution in [0.3, 0.4) is 0 Å². The number of amides is 1. The smallest absolute Gasteiger partial charge is 0.221 e. The molecule has 2 aliphatic rings. The third-order valence-corrected chi connectivity index (χ3v) is 6.42. The third kappa shape index (κ3) is 5.64. The van der Waals surface area contributed by atoms with Crippen LogP contribution < -0.4 is 10.6 Å². The predicted octanol–water partition coefficient (Wildman–Crippen LogP) is 1.53. The highest BCUT2D eigenvalue weighted by molar-refractivity contribution is 8.00. The summed E-state index contributed by atoms with van der Waals surface area (Å²) in [5, 5.41) is 6.53. The lowest BCUT2D eigenvalue weighted by Crippen LogP contribution is -2.46. The molecule has 0 aromatic heterocycles. The maximum absolute atomic E-state index is 12.0. The largest absolute Gasteiger partial charge is 0.381 e. The van der Waals surface area contributed by atoms with Gasteiger partial charge in [0, 0.05) is 55.0 Å². The summed E-state index contributed by atoms with van der Waals surface area (Å²) in [6.07, 6.45) is 4.81. The molecule has 2 N–H and O–H groups in total. The first kappa shape index (κ1) is 18.4. The molecule has 0 radical (unpaired) electrons. The lowest BCUT2D eigenvalue weighted by Gasteiger charge is -2.35. The van der Waals surface area contributed by atoms with Crippen LogP contribution in [0.2, 0.25) is 0 Å². The summed E-state index contributed by atoms with van der Waals surface area (Å²) in [6, 6.07) is 0.346. The molecule has 2 heterocycles. The van der Waals surface area contributed by atoms with E-state index in [2.05, 4.69) is 16.9 Å². The van der Waals surface area contributed by atoms with E-state index in [0.717, 1.165) is 50.7 Å². The van der Waals surface area contributed by atoms with Gasteiger partial charge in [-0.25, -0.2) is 0 Å². The van der Waals surface area contributed by atoms with Gasteiger partial charge in [-0.15, -0.1) is 12.4 Å². The molecular weight excluding hydrogens is 316 g/mol. The molecule has 0 bridgehead atoms. The van der Waals surface area contributed by atoms with E-state index >= 15 is 0 Å². The van der Waals surface area contributed by atoms with Crippen molar-refractivity contribution in [2.75, 3.05) is 44.1 Å². The summed E-state index contributed by atoms with van der Waals surface area (Å²) in [5.74, 6) is 2.39. The van der Waals surface area contributed by atoms with Crippen molar-refractivity contribution in [2.45, 2.75) is 30.1 Å². The number of nitrogens with one attached hydrogen (secondary N) is 2. The van der Waals surface area contributed by atoms with Gasteiger partial charge < -0.3 is 15.4 Å². The van der Waals surface area contributed by atoms with E-state index in [-0.39, 0.29) is 23.1 Å². The number of halogens is 1. The van der Waals surface area contributed by atoms with Crippen LogP contribution in [0.4, 0.5) is 0 Å². The second-order valence-electron chi connectivity index (χ2n) is 5.21. The Hall–Kier alpha value is 0.380. The summed E-state index contributed by atoms with van der Waals surface area (Å²) in [5.41, 5.74) is 0. The zero-order valence-electron chi connectivity index (χ0n) is 12.0. The van der Waals surface area contributed by atoms with Gasteiger partial charge in [-0.05, 0) is 19.1 Å². The van der Waals surface area contributed by atoms with E-state index in [4.69, 9.17) is 4.74 Å². The average Bonchev–Trinajstić information content (AvgIpc) is 2.47. The molecule has 2 rings (SSSR count). The van der Waals surface area contributed by atoms with Crippen molar-refractivity contribution in [1.29, 1.82) is 0 Å². The van der Waals surface area contributed by atoms with Crippen LogP contribution in [0.25, 0.3) is 0 Å². The summed E-state index contributed by atoms with van der Waals surface area (Å²) >= 11 is 3.80. The van der Waals surface area contributed by atoms with Gasteiger partial charge in [0.2, 0.25) is 5.91 Å². The minimum absolute atomic E-state index is 0. The van der Waals surface area contributed by atoms with E-state index in [1.807, 2.05) is 23.5 Å². The zero-order chi connectivity index (χ0) is 13.6. The van der Waals surface area contributed by atoms with Crippen molar-refractivity contribution in [2.24, 2.45) is 0 Å². The van der Waals surface area contributed by atoms with Gasteiger partial charge in [-0.3, -0.25) is 4.79 Å². The third-order valence-electron chi connectivity index (χ3n) is 3.88. The van der Waals surface area contributed by atoms with Crippen molar-refractivity contribution in [3.05, 3.63) is 0 Å². The molecular formula is C13H25ClN2O2S2. The first-order chi connectivity index (χ1) is 9.24. The first-order valence-corrected chi connectivity index (χ1v) is 9.33. The molecule has 4 nitrogen and oxygen atoms in total. The van der Waals surface area contributed by atoms with Gasteiger partial charge in [0.15, 0.2) is 0 Å². The molecule has 2 aliphatic heterocycles. The molecule has 0 aromatic rings. The Balaban J connectivity index is 0.00000200. The molecule has 2 fully saturated rings. The Morgan fingerprint density at radius 3 is 2.85 bits per heavy atom. The summed E-state index contributed by atoms with van der Waals surface area (Å²) < 4.78 is 5.60. The second-order valence-corrected chi connectivity index (χ2v) is 7.63. The van der Waals surface area contributed by atoms with Crippen LogP contribution in [-0.2, 0) is 9.53 Å². The highest BCUT2D eigenvalue weighted by Gasteiger charge is 2.32. The molecule has 0 aromatic carbocycles. The minimum Gasteiger partial charge on any atom is -0.381 e. The Labute approximate surface area is 136 Å². The number of ether oxygens (including phenoxy) is 1. The summed E-state index contributed by atoms with van der Waals surface area (Å²) in [4.78, 5) is 12.0. The number of thioether (sulfide) groups is 2. The van der Waals surface area contributed by atoms with Crippen LogP contribution in [0.1, 0.15) is 19.3 Å². The second kappa shape index (κ2) is 9.41. The van der Waals surface area contributed by atoms with Gasteiger partial charge >= 0.3 is 0 Å². The van der Waals surface area contributed by atoms with E-state index in [1.165, 1.54) is 0 Å². The Morgan fingerprint density at radius 1 is 1.50 bits per heavy atom. The van der Waals surface area contributed by atoms with Gasteiger partial charge in [-0.2, -0.15) is 23.5 Å². The number of hydrogen-bond donors (Lipinski definition) is 2. The van der Waals surface area contributed by atoms with Crippen LogP contribution in [0.15, 0.2) is 0 Å². The molecule has 2 saturated heterocycles. The number of carbonyl (C=O) groups is 1. The van der Waals surface area contributed by atoms with Gasteiger partial charge in [0.25, 0.3) is 0 Å². The Kier molecular flexibility index (Phi) is 8.67. The molecule has 1 unspecified atom stereocenters. The molecule has 7 heteroatoms. The number of rotatable bonds is 5. The van der Waals surface area contributed by atoms with Crippen molar-refractivity contribution in [3.8, 4) is 0 Å². The SMILES string of the molecule is CSC1(CNC(=O)CC2CSCCN2)CCOCC1.Cl.